The van der Waals surface area contributed by atoms with Crippen LogP contribution in [0.1, 0.15) is 20.3 Å². The molecule has 0 aromatic heterocycles. The van der Waals surface area contributed by atoms with Crippen molar-refractivity contribution in [3.8, 4) is 0 Å². The highest BCUT2D eigenvalue weighted by atomic mass is 16.7. The van der Waals surface area contributed by atoms with Crippen LogP contribution in [0.2, 0.25) is 0 Å². The van der Waals surface area contributed by atoms with Gasteiger partial charge in [0.05, 0.1) is 4.92 Å². The predicted octanol–water partition coefficient (Wildman–Crippen LogP) is 0.382. The quantitative estimate of drug-likeness (QED) is 0.324. The zero-order chi connectivity index (χ0) is 6.78. The fourth-order valence-corrected chi connectivity index (χ4v) is 0.129. The van der Waals surface area contributed by atoms with Gasteiger partial charge in [0.2, 0.25) is 0 Å². The number of hydrogen-bond acceptors (Lipinski definition) is 3. The van der Waals surface area contributed by atoms with Crippen molar-refractivity contribution < 1.29 is 10.0 Å². The fourth-order valence-electron chi connectivity index (χ4n) is 0.129. The molecule has 0 aromatic rings. The predicted molar refractivity (Wildman–Crippen MR) is 27.9 cm³/mol. The van der Waals surface area contributed by atoms with Crippen molar-refractivity contribution in [1.82, 2.24) is 0 Å². The first-order valence-corrected chi connectivity index (χ1v) is 2.37. The molecular formula is C4H9NO3. The Hall–Kier alpha value is -0.640. The van der Waals surface area contributed by atoms with Crippen molar-refractivity contribution >= 4 is 0 Å². The molecule has 48 valence electrons. The van der Waals surface area contributed by atoms with E-state index in [1.807, 2.05) is 0 Å². The van der Waals surface area contributed by atoms with Crippen LogP contribution in [0.25, 0.3) is 0 Å². The van der Waals surface area contributed by atoms with E-state index in [0.717, 1.165) is 0 Å². The van der Waals surface area contributed by atoms with Crippen molar-refractivity contribution in [3.05, 3.63) is 10.1 Å². The van der Waals surface area contributed by atoms with Crippen molar-refractivity contribution in [2.75, 3.05) is 0 Å². The summed E-state index contributed by atoms with van der Waals surface area (Å²) in [6, 6.07) is 0. The lowest BCUT2D eigenvalue weighted by Crippen LogP contribution is -2.32. The second kappa shape index (κ2) is 2.09. The molecule has 0 saturated carbocycles. The van der Waals surface area contributed by atoms with E-state index in [0.29, 0.717) is 0 Å². The minimum Gasteiger partial charge on any atom is -0.331 e. The Labute approximate surface area is 47.3 Å². The third-order valence-electron chi connectivity index (χ3n) is 1.06. The van der Waals surface area contributed by atoms with Crippen LogP contribution in [0.3, 0.4) is 0 Å². The largest absolute Gasteiger partial charge is 0.331 e. The Morgan fingerprint density at radius 2 is 2.25 bits per heavy atom. The van der Waals surface area contributed by atoms with Gasteiger partial charge in [0.25, 0.3) is 0 Å². The first-order valence-electron chi connectivity index (χ1n) is 2.37. The number of nitro groups is 1. The van der Waals surface area contributed by atoms with E-state index in [1.54, 1.807) is 6.92 Å². The summed E-state index contributed by atoms with van der Waals surface area (Å²) in [5.41, 5.74) is -1.74. The second-order valence-corrected chi connectivity index (χ2v) is 1.83. The van der Waals surface area contributed by atoms with E-state index in [-0.39, 0.29) is 6.42 Å². The van der Waals surface area contributed by atoms with Crippen molar-refractivity contribution in [2.24, 2.45) is 0 Å². The average Bonchev–Trinajstić information content (AvgIpc) is 1.67. The van der Waals surface area contributed by atoms with Crippen molar-refractivity contribution in [2.45, 2.75) is 26.0 Å². The van der Waals surface area contributed by atoms with Crippen LogP contribution < -0.4 is 0 Å². The maximum Gasteiger partial charge on any atom is 0.319 e. The van der Waals surface area contributed by atoms with Crippen molar-refractivity contribution in [1.29, 1.82) is 0 Å². The first-order chi connectivity index (χ1) is 3.50. The van der Waals surface area contributed by atoms with E-state index in [4.69, 9.17) is 5.11 Å². The molecule has 1 unspecified atom stereocenters. The van der Waals surface area contributed by atoms with Gasteiger partial charge in [0.1, 0.15) is 0 Å². The summed E-state index contributed by atoms with van der Waals surface area (Å²) >= 11 is 0. The number of rotatable bonds is 2. The molecule has 4 nitrogen and oxygen atoms in total. The highest BCUT2D eigenvalue weighted by molar-refractivity contribution is 4.51. The molecule has 0 bridgehead atoms. The van der Waals surface area contributed by atoms with Crippen LogP contribution in [0, 0.1) is 10.1 Å². The Kier molecular flexibility index (Phi) is 1.92. The Morgan fingerprint density at radius 3 is 2.25 bits per heavy atom. The van der Waals surface area contributed by atoms with E-state index >= 15 is 0 Å². The molecule has 8 heavy (non-hydrogen) atoms. The topological polar surface area (TPSA) is 63.4 Å². The summed E-state index contributed by atoms with van der Waals surface area (Å²) < 4.78 is 0. The van der Waals surface area contributed by atoms with Gasteiger partial charge < -0.3 is 5.11 Å². The molecule has 0 saturated heterocycles. The molecule has 0 amide bonds. The molecule has 0 radical (unpaired) electrons. The van der Waals surface area contributed by atoms with Gasteiger partial charge in [-0.3, -0.25) is 10.1 Å². The van der Waals surface area contributed by atoms with Crippen LogP contribution in [0.5, 0.6) is 0 Å². The fraction of sp³-hybridized carbons (Fsp3) is 1.00. The summed E-state index contributed by atoms with van der Waals surface area (Å²) in [4.78, 5) is 9.11. The van der Waals surface area contributed by atoms with Gasteiger partial charge in [-0.05, 0) is 0 Å². The van der Waals surface area contributed by atoms with Gasteiger partial charge in [-0.15, -0.1) is 0 Å². The van der Waals surface area contributed by atoms with E-state index in [1.165, 1.54) is 6.92 Å². The zero-order valence-electron chi connectivity index (χ0n) is 4.92. The molecule has 4 heteroatoms. The zero-order valence-corrected chi connectivity index (χ0v) is 4.92. The molecule has 0 aliphatic carbocycles. The van der Waals surface area contributed by atoms with Crippen LogP contribution in [0.15, 0.2) is 0 Å². The van der Waals surface area contributed by atoms with Gasteiger partial charge in [0.15, 0.2) is 0 Å². The summed E-state index contributed by atoms with van der Waals surface area (Å²) in [6.07, 6.45) is 0.139. The van der Waals surface area contributed by atoms with Crippen LogP contribution >= 0.6 is 0 Å². The summed E-state index contributed by atoms with van der Waals surface area (Å²) in [5.74, 6) is 0. The SMILES string of the molecule is CCC(C)(O)[N+](=O)[O-]. The maximum atomic E-state index is 9.81. The number of aliphatic hydroxyl groups is 1. The van der Waals surface area contributed by atoms with E-state index in [9.17, 15) is 10.1 Å². The third-order valence-corrected chi connectivity index (χ3v) is 1.06. The molecule has 0 aromatic carbocycles. The molecule has 0 spiro atoms. The van der Waals surface area contributed by atoms with Crippen LogP contribution in [-0.2, 0) is 0 Å². The monoisotopic (exact) mass is 119 g/mol. The number of nitrogens with zero attached hydrogens (tertiary/aromatic N) is 1. The normalized spacial score (nSPS) is 17.4. The lowest BCUT2D eigenvalue weighted by atomic mass is 10.2. The first kappa shape index (κ1) is 7.36. The molecule has 0 heterocycles. The molecular weight excluding hydrogens is 110 g/mol. The van der Waals surface area contributed by atoms with E-state index < -0.39 is 10.6 Å². The second-order valence-electron chi connectivity index (χ2n) is 1.83. The highest BCUT2D eigenvalue weighted by Crippen LogP contribution is 2.06. The number of hydrogen-bond donors (Lipinski definition) is 1. The smallest absolute Gasteiger partial charge is 0.319 e. The minimum absolute atomic E-state index is 0.139. The minimum atomic E-state index is -1.74. The highest BCUT2D eigenvalue weighted by Gasteiger charge is 2.30. The van der Waals surface area contributed by atoms with Crippen LogP contribution in [-0.4, -0.2) is 15.8 Å². The van der Waals surface area contributed by atoms with Crippen LogP contribution in [0.4, 0.5) is 0 Å². The molecule has 0 rings (SSSR count). The molecule has 0 aliphatic rings. The Bertz CT molecular complexity index is 99.5. The average molecular weight is 119 g/mol. The molecule has 1 atom stereocenters. The molecule has 0 fully saturated rings. The molecule has 0 aliphatic heterocycles. The Balaban J connectivity index is 3.91. The van der Waals surface area contributed by atoms with Gasteiger partial charge in [-0.25, -0.2) is 0 Å². The Morgan fingerprint density at radius 1 is 1.88 bits per heavy atom. The van der Waals surface area contributed by atoms with Gasteiger partial charge in [-0.2, -0.15) is 0 Å². The lowest BCUT2D eigenvalue weighted by Gasteiger charge is -2.09. The standard InChI is InChI=1S/C4H9NO3/c1-3-4(2,6)5(7)8/h6H,3H2,1-2H3. The summed E-state index contributed by atoms with van der Waals surface area (Å²) in [5, 5.41) is 18.5. The van der Waals surface area contributed by atoms with Gasteiger partial charge >= 0.3 is 5.72 Å². The van der Waals surface area contributed by atoms with Crippen molar-refractivity contribution in [3.63, 3.8) is 0 Å². The third kappa shape index (κ3) is 1.46. The summed E-state index contributed by atoms with van der Waals surface area (Å²) in [7, 11) is 0. The maximum absolute atomic E-state index is 9.81. The molecule has 1 N–H and O–H groups in total. The van der Waals surface area contributed by atoms with Gasteiger partial charge in [-0.1, -0.05) is 6.92 Å². The van der Waals surface area contributed by atoms with E-state index in [2.05, 4.69) is 0 Å². The lowest BCUT2D eigenvalue weighted by molar-refractivity contribution is -0.619. The summed E-state index contributed by atoms with van der Waals surface area (Å²) in [6.45, 7) is 2.73. The van der Waals surface area contributed by atoms with Gasteiger partial charge in [0, 0.05) is 13.3 Å².